The third kappa shape index (κ3) is 7.04. The molecule has 0 saturated carbocycles. The topological polar surface area (TPSA) is 51.2 Å². The molecular weight excluding hydrogens is 472 g/mol. The zero-order chi connectivity index (χ0) is 23.8. The first-order valence-corrected chi connectivity index (χ1v) is 12.5. The molecule has 0 aliphatic carbocycles. The highest BCUT2D eigenvalue weighted by atomic mass is 35.5. The predicted molar refractivity (Wildman–Crippen MR) is 142 cm³/mol. The van der Waals surface area contributed by atoms with Gasteiger partial charge in [0.1, 0.15) is 16.9 Å². The number of anilines is 1. The van der Waals surface area contributed by atoms with Gasteiger partial charge < -0.3 is 14.2 Å². The molecule has 0 aromatic heterocycles. The number of halogens is 1. The lowest BCUT2D eigenvalue weighted by molar-refractivity contribution is -0.116. The summed E-state index contributed by atoms with van der Waals surface area (Å²) in [7, 11) is 1.65. The monoisotopic (exact) mass is 508 g/mol. The molecule has 0 fully saturated rings. The van der Waals surface area contributed by atoms with Crippen LogP contribution in [0.25, 0.3) is 0 Å². The number of para-hydroxylation sites is 1. The predicted octanol–water partition coefficient (Wildman–Crippen LogP) is 5.79. The van der Waals surface area contributed by atoms with Crippen LogP contribution in [0.2, 0.25) is 0 Å². The van der Waals surface area contributed by atoms with Crippen molar-refractivity contribution in [2.75, 3.05) is 44.9 Å². The number of methoxy groups -OCH3 is 1. The van der Waals surface area contributed by atoms with Crippen molar-refractivity contribution in [2.45, 2.75) is 50.4 Å². The Morgan fingerprint density at radius 1 is 1.15 bits per heavy atom. The second kappa shape index (κ2) is 13.8. The highest BCUT2D eigenvalue weighted by Crippen LogP contribution is 2.53. The van der Waals surface area contributed by atoms with Gasteiger partial charge in [-0.15, -0.1) is 12.4 Å². The number of fused-ring (bicyclic) bond motifs is 1. The summed E-state index contributed by atoms with van der Waals surface area (Å²) >= 11 is 1.67. The molecule has 1 unspecified atom stereocenters. The summed E-state index contributed by atoms with van der Waals surface area (Å²) in [5.74, 6) is 1.55. The van der Waals surface area contributed by atoms with Crippen molar-refractivity contribution in [1.29, 1.82) is 0 Å². The van der Waals surface area contributed by atoms with Gasteiger partial charge in [0.15, 0.2) is 0 Å². The van der Waals surface area contributed by atoms with E-state index in [9.17, 15) is 4.79 Å². The van der Waals surface area contributed by atoms with Crippen molar-refractivity contribution in [3.63, 3.8) is 0 Å². The fourth-order valence-electron chi connectivity index (χ4n) is 3.97. The van der Waals surface area contributed by atoms with Crippen LogP contribution in [0.3, 0.4) is 0 Å². The average molecular weight is 509 g/mol. The molecule has 8 heteroatoms. The number of nitrogens with zero attached hydrogens (tertiary/aromatic N) is 2. The summed E-state index contributed by atoms with van der Waals surface area (Å²) in [5.41, 5.74) is 1.89. The maximum absolute atomic E-state index is 12.6. The van der Waals surface area contributed by atoms with Gasteiger partial charge in [0.25, 0.3) is 0 Å². The van der Waals surface area contributed by atoms with Crippen molar-refractivity contribution >= 4 is 35.8 Å². The van der Waals surface area contributed by atoms with E-state index in [2.05, 4.69) is 24.8 Å². The van der Waals surface area contributed by atoms with Crippen molar-refractivity contribution in [3.05, 3.63) is 48.0 Å². The molecule has 1 atom stereocenters. The molecule has 2 aromatic carbocycles. The fraction of sp³-hybridized carbons (Fsp3) is 0.500. The quantitative estimate of drug-likeness (QED) is 0.338. The highest BCUT2D eigenvalue weighted by molar-refractivity contribution is 8.00. The molecule has 2 aromatic rings. The Kier molecular flexibility index (Phi) is 11.5. The Balaban J connectivity index is 0.00000408. The fourth-order valence-corrected chi connectivity index (χ4v) is 5.34. The van der Waals surface area contributed by atoms with Gasteiger partial charge in [0.2, 0.25) is 5.91 Å². The van der Waals surface area contributed by atoms with Crippen LogP contribution in [0.4, 0.5) is 5.69 Å². The zero-order valence-corrected chi connectivity index (χ0v) is 22.4. The number of carbonyl (C=O) groups excluding carboxylic acids is 1. The van der Waals surface area contributed by atoms with Gasteiger partial charge >= 0.3 is 0 Å². The van der Waals surface area contributed by atoms with Gasteiger partial charge in [0.05, 0.1) is 26.0 Å². The van der Waals surface area contributed by atoms with Gasteiger partial charge in [-0.25, -0.2) is 0 Å². The van der Waals surface area contributed by atoms with Crippen molar-refractivity contribution in [3.8, 4) is 11.5 Å². The summed E-state index contributed by atoms with van der Waals surface area (Å²) in [6.07, 6.45) is 0.907. The lowest BCUT2D eigenvalue weighted by Gasteiger charge is -2.27. The summed E-state index contributed by atoms with van der Waals surface area (Å²) in [6, 6.07) is 14.3. The van der Waals surface area contributed by atoms with E-state index in [-0.39, 0.29) is 23.7 Å². The first kappa shape index (κ1) is 28.3. The van der Waals surface area contributed by atoms with Gasteiger partial charge in [0, 0.05) is 43.1 Å². The number of thioether (sulfide) groups is 1. The van der Waals surface area contributed by atoms with Crippen LogP contribution in [0.15, 0.2) is 47.4 Å². The molecule has 6 nitrogen and oxygen atoms in total. The van der Waals surface area contributed by atoms with Crippen LogP contribution >= 0.6 is 24.2 Å². The van der Waals surface area contributed by atoms with E-state index in [1.807, 2.05) is 48.2 Å². The first-order chi connectivity index (χ1) is 16.0. The molecular formula is C26H37ClN2O4S. The summed E-state index contributed by atoms with van der Waals surface area (Å²) in [5, 5.41) is -0.191. The molecule has 3 rings (SSSR count). The molecule has 0 N–H and O–H groups in total. The number of carbonyl (C=O) groups is 1. The van der Waals surface area contributed by atoms with Gasteiger partial charge in [-0.05, 0) is 57.5 Å². The summed E-state index contributed by atoms with van der Waals surface area (Å²) < 4.78 is 17.3. The van der Waals surface area contributed by atoms with Crippen LogP contribution in [-0.4, -0.2) is 56.9 Å². The normalized spacial score (nSPS) is 14.8. The Morgan fingerprint density at radius 3 is 2.59 bits per heavy atom. The van der Waals surface area contributed by atoms with Gasteiger partial charge in [-0.3, -0.25) is 14.6 Å². The van der Waals surface area contributed by atoms with E-state index >= 15 is 0 Å². The van der Waals surface area contributed by atoms with Crippen LogP contribution in [0.5, 0.6) is 11.5 Å². The Morgan fingerprint density at radius 2 is 1.91 bits per heavy atom. The molecule has 0 radical (unpaired) electrons. The SMILES string of the molecule is CCOCCN(CCCOc1ccc(OC)cc1C1Sc2ccccc2N1C(C)=O)C(C)C.Cl. The molecule has 1 heterocycles. The van der Waals surface area contributed by atoms with Crippen LogP contribution in [0, 0.1) is 0 Å². The standard InChI is InChI=1S/C26H36N2O4S.ClH/c1-6-31-17-15-27(19(2)3)14-9-16-32-24-13-12-21(30-5)18-22(24)26-28(20(4)29)23-10-7-8-11-25(23)33-26;/h7-8,10-13,18-19,26H,6,9,14-17H2,1-5H3;1H. The molecule has 188 valence electrons. The van der Waals surface area contributed by atoms with Crippen LogP contribution in [0.1, 0.15) is 45.1 Å². The third-order valence-corrected chi connectivity index (χ3v) is 7.01. The Bertz CT molecular complexity index is 927. The molecule has 0 spiro atoms. The Hall–Kier alpha value is -1.93. The molecule has 1 aliphatic heterocycles. The molecule has 34 heavy (non-hydrogen) atoms. The number of rotatable bonds is 12. The molecule has 0 bridgehead atoms. The zero-order valence-electron chi connectivity index (χ0n) is 20.8. The van der Waals surface area contributed by atoms with Crippen LogP contribution in [-0.2, 0) is 9.53 Å². The molecule has 0 saturated heterocycles. The van der Waals surface area contributed by atoms with Gasteiger partial charge in [-0.1, -0.05) is 23.9 Å². The molecule has 1 amide bonds. The van der Waals surface area contributed by atoms with Gasteiger partial charge in [-0.2, -0.15) is 0 Å². The average Bonchev–Trinajstić information content (AvgIpc) is 3.20. The van der Waals surface area contributed by atoms with E-state index < -0.39 is 0 Å². The van der Waals surface area contributed by atoms with E-state index in [0.717, 1.165) is 60.4 Å². The number of ether oxygens (including phenoxy) is 3. The second-order valence-corrected chi connectivity index (χ2v) is 9.38. The van der Waals surface area contributed by atoms with E-state index in [1.54, 1.807) is 25.8 Å². The van der Waals surface area contributed by atoms with Crippen LogP contribution < -0.4 is 14.4 Å². The van der Waals surface area contributed by atoms with Crippen molar-refractivity contribution in [2.24, 2.45) is 0 Å². The summed E-state index contributed by atoms with van der Waals surface area (Å²) in [4.78, 5) is 17.9. The number of hydrogen-bond acceptors (Lipinski definition) is 6. The number of amides is 1. The van der Waals surface area contributed by atoms with Crippen molar-refractivity contribution in [1.82, 2.24) is 4.90 Å². The first-order valence-electron chi connectivity index (χ1n) is 11.6. The summed E-state index contributed by atoms with van der Waals surface area (Å²) in [6.45, 7) is 12.0. The van der Waals surface area contributed by atoms with E-state index in [0.29, 0.717) is 12.6 Å². The number of hydrogen-bond donors (Lipinski definition) is 0. The Labute approximate surface area is 214 Å². The van der Waals surface area contributed by atoms with E-state index in [1.165, 1.54) is 0 Å². The maximum atomic E-state index is 12.6. The smallest absolute Gasteiger partial charge is 0.225 e. The third-order valence-electron chi connectivity index (χ3n) is 5.72. The molecule has 1 aliphatic rings. The lowest BCUT2D eigenvalue weighted by atomic mass is 10.1. The minimum absolute atomic E-state index is 0. The minimum Gasteiger partial charge on any atom is -0.497 e. The van der Waals surface area contributed by atoms with Crippen molar-refractivity contribution < 1.29 is 19.0 Å². The van der Waals surface area contributed by atoms with E-state index in [4.69, 9.17) is 14.2 Å². The maximum Gasteiger partial charge on any atom is 0.225 e. The largest absolute Gasteiger partial charge is 0.497 e. The minimum atomic E-state index is -0.191. The second-order valence-electron chi connectivity index (χ2n) is 8.26. The lowest BCUT2D eigenvalue weighted by Crippen LogP contribution is -2.35. The number of benzene rings is 2. The highest BCUT2D eigenvalue weighted by Gasteiger charge is 2.35.